The summed E-state index contributed by atoms with van der Waals surface area (Å²) >= 11 is 0. The van der Waals surface area contributed by atoms with Gasteiger partial charge in [0.1, 0.15) is 11.5 Å². The molecule has 28 heavy (non-hydrogen) atoms. The standard InChI is InChI=1S/C22H25NO5/c1-3-13-27-18-9-5-16(6-10-18)7-12-21(24)23-19-15-17(22(25)26)8-11-20(19)28-14-4-2/h5-12,15H,3-4,13-14H2,1-2H3,(H,23,24)(H,25,26)/b12-7+. The van der Waals surface area contributed by atoms with Crippen LogP contribution in [-0.4, -0.2) is 30.2 Å². The zero-order valence-corrected chi connectivity index (χ0v) is 16.1. The number of hydrogen-bond acceptors (Lipinski definition) is 4. The van der Waals surface area contributed by atoms with Crippen LogP contribution in [0.3, 0.4) is 0 Å². The average Bonchev–Trinajstić information content (AvgIpc) is 2.70. The summed E-state index contributed by atoms with van der Waals surface area (Å²) in [6, 6.07) is 11.8. The number of carbonyl (C=O) groups is 2. The van der Waals surface area contributed by atoms with E-state index in [1.807, 2.05) is 38.1 Å². The maximum Gasteiger partial charge on any atom is 0.335 e. The maximum absolute atomic E-state index is 12.3. The summed E-state index contributed by atoms with van der Waals surface area (Å²) in [5, 5.41) is 11.8. The van der Waals surface area contributed by atoms with Gasteiger partial charge in [-0.15, -0.1) is 0 Å². The molecule has 148 valence electrons. The highest BCUT2D eigenvalue weighted by Gasteiger charge is 2.11. The van der Waals surface area contributed by atoms with Crippen molar-refractivity contribution in [3.05, 3.63) is 59.7 Å². The zero-order chi connectivity index (χ0) is 20.4. The summed E-state index contributed by atoms with van der Waals surface area (Å²) in [6.45, 7) is 5.14. The zero-order valence-electron chi connectivity index (χ0n) is 16.1. The molecule has 0 aliphatic heterocycles. The predicted octanol–water partition coefficient (Wildman–Crippen LogP) is 4.61. The summed E-state index contributed by atoms with van der Waals surface area (Å²) < 4.78 is 11.1. The van der Waals surface area contributed by atoms with E-state index >= 15 is 0 Å². The van der Waals surface area contributed by atoms with Crippen molar-refractivity contribution in [3.63, 3.8) is 0 Å². The van der Waals surface area contributed by atoms with E-state index in [1.54, 1.807) is 12.1 Å². The second kappa shape index (κ2) is 10.8. The minimum Gasteiger partial charge on any atom is -0.494 e. The number of benzene rings is 2. The topological polar surface area (TPSA) is 84.9 Å². The number of ether oxygens (including phenoxy) is 2. The number of carboxylic acids is 1. The van der Waals surface area contributed by atoms with Crippen molar-refractivity contribution in [1.82, 2.24) is 0 Å². The normalized spacial score (nSPS) is 10.6. The van der Waals surface area contributed by atoms with E-state index in [2.05, 4.69) is 5.32 Å². The summed E-state index contributed by atoms with van der Waals surface area (Å²) in [7, 11) is 0. The third-order valence-electron chi connectivity index (χ3n) is 3.73. The van der Waals surface area contributed by atoms with Crippen molar-refractivity contribution in [2.24, 2.45) is 0 Å². The Kier molecular flexibility index (Phi) is 8.09. The van der Waals surface area contributed by atoms with Gasteiger partial charge >= 0.3 is 5.97 Å². The van der Waals surface area contributed by atoms with Crippen LogP contribution < -0.4 is 14.8 Å². The van der Waals surface area contributed by atoms with Gasteiger partial charge < -0.3 is 19.9 Å². The van der Waals surface area contributed by atoms with Gasteiger partial charge in [0.15, 0.2) is 0 Å². The number of anilines is 1. The monoisotopic (exact) mass is 383 g/mol. The number of rotatable bonds is 10. The maximum atomic E-state index is 12.3. The molecule has 2 aromatic rings. The molecule has 0 aliphatic carbocycles. The van der Waals surface area contributed by atoms with Gasteiger partial charge in [0.2, 0.25) is 5.91 Å². The fraction of sp³-hybridized carbons (Fsp3) is 0.273. The van der Waals surface area contributed by atoms with Crippen molar-refractivity contribution >= 4 is 23.6 Å². The fourth-order valence-corrected chi connectivity index (χ4v) is 2.34. The van der Waals surface area contributed by atoms with Crippen LogP contribution in [0.15, 0.2) is 48.5 Å². The first-order valence-electron chi connectivity index (χ1n) is 9.25. The fourth-order valence-electron chi connectivity index (χ4n) is 2.34. The highest BCUT2D eigenvalue weighted by molar-refractivity contribution is 6.03. The van der Waals surface area contributed by atoms with Gasteiger partial charge in [-0.3, -0.25) is 4.79 Å². The second-order valence-corrected chi connectivity index (χ2v) is 6.10. The lowest BCUT2D eigenvalue weighted by molar-refractivity contribution is -0.111. The molecule has 0 bridgehead atoms. The minimum atomic E-state index is -1.07. The van der Waals surface area contributed by atoms with Crippen molar-refractivity contribution in [3.8, 4) is 11.5 Å². The molecule has 1 amide bonds. The van der Waals surface area contributed by atoms with Gasteiger partial charge in [-0.05, 0) is 54.8 Å². The van der Waals surface area contributed by atoms with E-state index in [1.165, 1.54) is 18.2 Å². The van der Waals surface area contributed by atoms with Crippen molar-refractivity contribution in [2.45, 2.75) is 26.7 Å². The van der Waals surface area contributed by atoms with Crippen LogP contribution >= 0.6 is 0 Å². The molecule has 6 heteroatoms. The van der Waals surface area contributed by atoms with Gasteiger partial charge in [-0.1, -0.05) is 26.0 Å². The van der Waals surface area contributed by atoms with Crippen LogP contribution in [0.4, 0.5) is 5.69 Å². The Bertz CT molecular complexity index is 827. The van der Waals surface area contributed by atoms with E-state index in [9.17, 15) is 9.59 Å². The number of aromatic carboxylic acids is 1. The van der Waals surface area contributed by atoms with Gasteiger partial charge in [0.25, 0.3) is 0 Å². The molecule has 0 radical (unpaired) electrons. The van der Waals surface area contributed by atoms with Crippen LogP contribution in [0.1, 0.15) is 42.6 Å². The van der Waals surface area contributed by atoms with Gasteiger partial charge in [-0.25, -0.2) is 4.79 Å². The van der Waals surface area contributed by atoms with Crippen LogP contribution in [0.5, 0.6) is 11.5 Å². The molecular formula is C22H25NO5. The Morgan fingerprint density at radius 1 is 1.00 bits per heavy atom. The van der Waals surface area contributed by atoms with Crippen LogP contribution in [0, 0.1) is 0 Å². The Hall–Kier alpha value is -3.28. The van der Waals surface area contributed by atoms with Crippen LogP contribution in [0.2, 0.25) is 0 Å². The smallest absolute Gasteiger partial charge is 0.335 e. The first-order valence-corrected chi connectivity index (χ1v) is 9.25. The molecular weight excluding hydrogens is 358 g/mol. The molecule has 0 unspecified atom stereocenters. The number of nitrogens with one attached hydrogen (secondary N) is 1. The lowest BCUT2D eigenvalue weighted by atomic mass is 10.1. The van der Waals surface area contributed by atoms with E-state index < -0.39 is 5.97 Å². The molecule has 2 rings (SSSR count). The van der Waals surface area contributed by atoms with Crippen LogP contribution in [-0.2, 0) is 4.79 Å². The summed E-state index contributed by atoms with van der Waals surface area (Å²) in [4.78, 5) is 23.5. The highest BCUT2D eigenvalue weighted by Crippen LogP contribution is 2.26. The first-order chi connectivity index (χ1) is 13.5. The lowest BCUT2D eigenvalue weighted by Crippen LogP contribution is -2.11. The molecule has 6 nitrogen and oxygen atoms in total. The second-order valence-electron chi connectivity index (χ2n) is 6.10. The summed E-state index contributed by atoms with van der Waals surface area (Å²) in [6.07, 6.45) is 4.80. The Labute approximate surface area is 164 Å². The van der Waals surface area contributed by atoms with E-state index in [0.29, 0.717) is 24.7 Å². The highest BCUT2D eigenvalue weighted by atomic mass is 16.5. The van der Waals surface area contributed by atoms with Crippen molar-refractivity contribution in [2.75, 3.05) is 18.5 Å². The quantitative estimate of drug-likeness (QED) is 0.585. The molecule has 0 fully saturated rings. The third kappa shape index (κ3) is 6.46. The molecule has 2 N–H and O–H groups in total. The molecule has 0 aromatic heterocycles. The SMILES string of the molecule is CCCOc1ccc(/C=C/C(=O)Nc2cc(C(=O)O)ccc2OCCC)cc1. The van der Waals surface area contributed by atoms with Crippen LogP contribution in [0.25, 0.3) is 6.08 Å². The first kappa shape index (κ1) is 21.0. The Morgan fingerprint density at radius 3 is 2.32 bits per heavy atom. The van der Waals surface area contributed by atoms with Crippen molar-refractivity contribution < 1.29 is 24.2 Å². The Balaban J connectivity index is 2.07. The van der Waals surface area contributed by atoms with Gasteiger partial charge in [0.05, 0.1) is 24.5 Å². The predicted molar refractivity (Wildman–Crippen MR) is 109 cm³/mol. The number of carboxylic acid groups (broad SMARTS) is 1. The van der Waals surface area contributed by atoms with E-state index in [0.717, 1.165) is 24.2 Å². The number of hydrogen-bond donors (Lipinski definition) is 2. The molecule has 0 aliphatic rings. The van der Waals surface area contributed by atoms with Gasteiger partial charge in [-0.2, -0.15) is 0 Å². The minimum absolute atomic E-state index is 0.0748. The summed E-state index contributed by atoms with van der Waals surface area (Å²) in [5.74, 6) is -0.230. The molecule has 0 spiro atoms. The molecule has 2 aromatic carbocycles. The number of amides is 1. The third-order valence-corrected chi connectivity index (χ3v) is 3.73. The average molecular weight is 383 g/mol. The van der Waals surface area contributed by atoms with E-state index in [4.69, 9.17) is 14.6 Å². The Morgan fingerprint density at radius 2 is 1.68 bits per heavy atom. The molecule has 0 heterocycles. The molecule has 0 saturated heterocycles. The lowest BCUT2D eigenvalue weighted by Gasteiger charge is -2.12. The molecule has 0 atom stereocenters. The number of carbonyl (C=O) groups excluding carboxylic acids is 1. The van der Waals surface area contributed by atoms with Crippen molar-refractivity contribution in [1.29, 1.82) is 0 Å². The van der Waals surface area contributed by atoms with Gasteiger partial charge in [0, 0.05) is 6.08 Å². The van der Waals surface area contributed by atoms with E-state index in [-0.39, 0.29) is 11.5 Å². The largest absolute Gasteiger partial charge is 0.494 e. The summed E-state index contributed by atoms with van der Waals surface area (Å²) in [5.41, 5.74) is 1.25. The molecule has 0 saturated carbocycles.